The Hall–Kier alpha value is -1.87. The van der Waals surface area contributed by atoms with Gasteiger partial charge in [0, 0.05) is 6.20 Å². The number of pyridine rings is 1. The number of halogens is 1. The Morgan fingerprint density at radius 1 is 1.29 bits per heavy atom. The molecule has 2 heterocycles. The molecule has 4 heteroatoms. The molecule has 3 nitrogen and oxygen atoms in total. The summed E-state index contributed by atoms with van der Waals surface area (Å²) in [6.45, 7) is 1.96. The Bertz CT molecular complexity index is 792. The van der Waals surface area contributed by atoms with Crippen LogP contribution in [0.1, 0.15) is 5.56 Å². The highest BCUT2D eigenvalue weighted by Gasteiger charge is 2.07. The molecule has 0 amide bonds. The quantitative estimate of drug-likeness (QED) is 0.570. The Morgan fingerprint density at radius 3 is 2.94 bits per heavy atom. The van der Waals surface area contributed by atoms with Gasteiger partial charge in [-0.1, -0.05) is 17.7 Å². The molecule has 84 valence electrons. The van der Waals surface area contributed by atoms with Gasteiger partial charge in [0.1, 0.15) is 5.65 Å². The summed E-state index contributed by atoms with van der Waals surface area (Å²) in [5, 5.41) is 1.04. The Balaban J connectivity index is 2.62. The maximum Gasteiger partial charge on any atom is 0.265 e. The van der Waals surface area contributed by atoms with Crippen molar-refractivity contribution in [3.63, 3.8) is 0 Å². The third-order valence-electron chi connectivity index (χ3n) is 2.75. The molecule has 0 fully saturated rings. The average molecular weight is 245 g/mol. The molecule has 0 saturated carbocycles. The first-order valence-corrected chi connectivity index (χ1v) is 5.62. The number of hydrogen-bond acceptors (Lipinski definition) is 2. The molecule has 0 radical (unpaired) electrons. The van der Waals surface area contributed by atoms with E-state index in [2.05, 4.69) is 4.98 Å². The van der Waals surface area contributed by atoms with Gasteiger partial charge in [0.2, 0.25) is 0 Å². The Kier molecular flexibility index (Phi) is 2.16. The van der Waals surface area contributed by atoms with E-state index in [1.54, 1.807) is 24.4 Å². The van der Waals surface area contributed by atoms with Crippen molar-refractivity contribution in [2.75, 3.05) is 0 Å². The maximum absolute atomic E-state index is 12.2. The molecule has 3 aromatic rings. The number of rotatable bonds is 0. The first-order valence-electron chi connectivity index (χ1n) is 5.24. The lowest BCUT2D eigenvalue weighted by atomic mass is 10.2. The van der Waals surface area contributed by atoms with Gasteiger partial charge in [-0.25, -0.2) is 4.98 Å². The molecule has 17 heavy (non-hydrogen) atoms. The number of benzene rings is 1. The molecule has 0 N–H and O–H groups in total. The number of aromatic nitrogens is 2. The lowest BCUT2D eigenvalue weighted by Gasteiger charge is -2.04. The highest BCUT2D eigenvalue weighted by molar-refractivity contribution is 6.35. The fourth-order valence-corrected chi connectivity index (χ4v) is 2.11. The molecule has 0 aliphatic carbocycles. The summed E-state index contributed by atoms with van der Waals surface area (Å²) in [4.78, 5) is 16.6. The van der Waals surface area contributed by atoms with E-state index >= 15 is 0 Å². The molecule has 0 unspecified atom stereocenters. The van der Waals surface area contributed by atoms with Crippen LogP contribution in [-0.4, -0.2) is 9.38 Å². The maximum atomic E-state index is 12.2. The van der Waals surface area contributed by atoms with E-state index in [1.165, 1.54) is 4.40 Å². The third-order valence-corrected chi connectivity index (χ3v) is 3.06. The average Bonchev–Trinajstić information content (AvgIpc) is 2.30. The number of para-hydroxylation sites is 1. The predicted molar refractivity (Wildman–Crippen MR) is 68.7 cm³/mol. The zero-order valence-electron chi connectivity index (χ0n) is 9.14. The molecule has 0 spiro atoms. The molecule has 0 aliphatic heterocycles. The van der Waals surface area contributed by atoms with E-state index in [4.69, 9.17) is 11.6 Å². The highest BCUT2D eigenvalue weighted by Crippen LogP contribution is 2.19. The van der Waals surface area contributed by atoms with E-state index in [0.29, 0.717) is 21.6 Å². The van der Waals surface area contributed by atoms with Crippen LogP contribution in [0.15, 0.2) is 41.3 Å². The zero-order chi connectivity index (χ0) is 12.0. The fourth-order valence-electron chi connectivity index (χ4n) is 1.89. The van der Waals surface area contributed by atoms with Crippen LogP contribution in [0.5, 0.6) is 0 Å². The minimum Gasteiger partial charge on any atom is -0.268 e. The van der Waals surface area contributed by atoms with Gasteiger partial charge in [-0.2, -0.15) is 0 Å². The second kappa shape index (κ2) is 3.57. The molecule has 0 atom stereocenters. The van der Waals surface area contributed by atoms with Crippen molar-refractivity contribution in [1.82, 2.24) is 9.38 Å². The Morgan fingerprint density at radius 2 is 2.12 bits per heavy atom. The van der Waals surface area contributed by atoms with E-state index in [9.17, 15) is 4.79 Å². The van der Waals surface area contributed by atoms with Crippen molar-refractivity contribution < 1.29 is 0 Å². The van der Waals surface area contributed by atoms with Crippen LogP contribution in [0, 0.1) is 6.92 Å². The second-order valence-electron chi connectivity index (χ2n) is 3.99. The number of hydrogen-bond donors (Lipinski definition) is 0. The van der Waals surface area contributed by atoms with Gasteiger partial charge < -0.3 is 0 Å². The van der Waals surface area contributed by atoms with Gasteiger partial charge in [-0.05, 0) is 36.8 Å². The van der Waals surface area contributed by atoms with Crippen LogP contribution < -0.4 is 5.56 Å². The van der Waals surface area contributed by atoms with Gasteiger partial charge >= 0.3 is 0 Å². The van der Waals surface area contributed by atoms with E-state index in [1.807, 2.05) is 19.1 Å². The summed E-state index contributed by atoms with van der Waals surface area (Å²) in [5.74, 6) is 0. The lowest BCUT2D eigenvalue weighted by Crippen LogP contribution is -2.15. The molecule has 0 bridgehead atoms. The van der Waals surface area contributed by atoms with E-state index in [-0.39, 0.29) is 5.56 Å². The largest absolute Gasteiger partial charge is 0.268 e. The fraction of sp³-hybridized carbons (Fsp3) is 0.0769. The monoisotopic (exact) mass is 244 g/mol. The summed E-state index contributed by atoms with van der Waals surface area (Å²) in [7, 11) is 0. The highest BCUT2D eigenvalue weighted by atomic mass is 35.5. The molecule has 2 aromatic heterocycles. The molecule has 0 saturated heterocycles. The van der Waals surface area contributed by atoms with Crippen LogP contribution in [0.3, 0.4) is 0 Å². The van der Waals surface area contributed by atoms with Gasteiger partial charge in [0.05, 0.1) is 15.9 Å². The number of aryl methyl sites for hydroxylation is 1. The van der Waals surface area contributed by atoms with E-state index < -0.39 is 0 Å². The SMILES string of the molecule is Cc1ccn2c(=O)c3cccc(Cl)c3nc2c1. The van der Waals surface area contributed by atoms with Crippen LogP contribution >= 0.6 is 11.6 Å². The smallest absolute Gasteiger partial charge is 0.265 e. The summed E-state index contributed by atoms with van der Waals surface area (Å²) in [5.41, 5.74) is 2.15. The summed E-state index contributed by atoms with van der Waals surface area (Å²) in [6, 6.07) is 8.98. The summed E-state index contributed by atoms with van der Waals surface area (Å²) in [6.07, 6.45) is 1.74. The molecule has 1 aromatic carbocycles. The molecule has 0 aliphatic rings. The Labute approximate surface area is 102 Å². The minimum atomic E-state index is -0.0903. The van der Waals surface area contributed by atoms with Crippen molar-refractivity contribution in [3.8, 4) is 0 Å². The predicted octanol–water partition coefficient (Wildman–Crippen LogP) is 2.81. The minimum absolute atomic E-state index is 0.0903. The van der Waals surface area contributed by atoms with Gasteiger partial charge in [-0.3, -0.25) is 9.20 Å². The van der Waals surface area contributed by atoms with Gasteiger partial charge in [0.25, 0.3) is 5.56 Å². The number of fused-ring (bicyclic) bond motifs is 2. The summed E-state index contributed by atoms with van der Waals surface area (Å²) >= 11 is 6.06. The van der Waals surface area contributed by atoms with Gasteiger partial charge in [0.15, 0.2) is 0 Å². The number of nitrogens with zero attached hydrogens (tertiary/aromatic N) is 2. The summed E-state index contributed by atoms with van der Waals surface area (Å²) < 4.78 is 1.53. The molecule has 3 rings (SSSR count). The standard InChI is InChI=1S/C13H9ClN2O/c1-8-5-6-16-11(7-8)15-12-9(13(16)17)3-2-4-10(12)14/h2-7H,1H3. The third kappa shape index (κ3) is 1.51. The first kappa shape index (κ1) is 10.3. The van der Waals surface area contributed by atoms with Crippen LogP contribution in [0.4, 0.5) is 0 Å². The second-order valence-corrected chi connectivity index (χ2v) is 4.39. The topological polar surface area (TPSA) is 34.4 Å². The van der Waals surface area contributed by atoms with Crippen molar-refractivity contribution in [1.29, 1.82) is 0 Å². The van der Waals surface area contributed by atoms with Crippen molar-refractivity contribution in [3.05, 3.63) is 57.5 Å². The normalized spacial score (nSPS) is 11.2. The van der Waals surface area contributed by atoms with Crippen LogP contribution in [-0.2, 0) is 0 Å². The first-order chi connectivity index (χ1) is 8.16. The van der Waals surface area contributed by atoms with Crippen LogP contribution in [0.2, 0.25) is 5.02 Å². The molecular formula is C13H9ClN2O. The van der Waals surface area contributed by atoms with Gasteiger partial charge in [-0.15, -0.1) is 0 Å². The van der Waals surface area contributed by atoms with Crippen molar-refractivity contribution in [2.24, 2.45) is 0 Å². The van der Waals surface area contributed by atoms with Crippen molar-refractivity contribution in [2.45, 2.75) is 6.92 Å². The van der Waals surface area contributed by atoms with E-state index in [0.717, 1.165) is 5.56 Å². The lowest BCUT2D eigenvalue weighted by molar-refractivity contribution is 1.07. The zero-order valence-corrected chi connectivity index (χ0v) is 9.90. The van der Waals surface area contributed by atoms with Crippen molar-refractivity contribution >= 4 is 28.2 Å². The molecular weight excluding hydrogens is 236 g/mol. The van der Waals surface area contributed by atoms with Crippen LogP contribution in [0.25, 0.3) is 16.6 Å².